The van der Waals surface area contributed by atoms with Gasteiger partial charge in [0.1, 0.15) is 16.4 Å². The molecule has 8 nitrogen and oxygen atoms in total. The number of rotatable bonds is 8. The number of carbonyl (C=O) groups excluding carboxylic acids is 3. The normalized spacial score (nSPS) is 13.4. The van der Waals surface area contributed by atoms with Gasteiger partial charge in [0.05, 0.1) is 17.9 Å². The van der Waals surface area contributed by atoms with Gasteiger partial charge >= 0.3 is 5.97 Å². The molecule has 1 aromatic heterocycles. The van der Waals surface area contributed by atoms with Crippen molar-refractivity contribution in [1.29, 1.82) is 0 Å². The van der Waals surface area contributed by atoms with E-state index in [9.17, 15) is 18.8 Å². The first kappa shape index (κ1) is 25.1. The highest BCUT2D eigenvalue weighted by Crippen LogP contribution is 2.37. The highest BCUT2D eigenvalue weighted by atomic mass is 32.2. The molecule has 0 aliphatic carbocycles. The van der Waals surface area contributed by atoms with Gasteiger partial charge < -0.3 is 10.1 Å². The molecule has 0 saturated carbocycles. The van der Waals surface area contributed by atoms with E-state index in [1.165, 1.54) is 18.2 Å². The maximum absolute atomic E-state index is 14.6. The summed E-state index contributed by atoms with van der Waals surface area (Å²) in [6, 6.07) is 13.6. The maximum atomic E-state index is 14.6. The van der Waals surface area contributed by atoms with Crippen LogP contribution in [0, 0.1) is 19.7 Å². The summed E-state index contributed by atoms with van der Waals surface area (Å²) in [6.45, 7) is 5.81. The van der Waals surface area contributed by atoms with Crippen LogP contribution in [-0.4, -0.2) is 34.4 Å². The molecule has 2 heterocycles. The molecule has 2 amide bonds. The van der Waals surface area contributed by atoms with Gasteiger partial charge in [0.15, 0.2) is 5.16 Å². The number of hydrogen-bond acceptors (Lipinski definition) is 8. The van der Waals surface area contributed by atoms with E-state index in [2.05, 4.69) is 15.3 Å². The zero-order chi connectivity index (χ0) is 25.8. The topological polar surface area (TPSA) is 101 Å². The van der Waals surface area contributed by atoms with E-state index in [1.807, 2.05) is 6.92 Å². The van der Waals surface area contributed by atoms with Crippen LogP contribution in [0.4, 0.5) is 15.8 Å². The van der Waals surface area contributed by atoms with E-state index in [0.29, 0.717) is 35.7 Å². The Kier molecular flexibility index (Phi) is 7.44. The first-order valence-corrected chi connectivity index (χ1v) is 12.0. The van der Waals surface area contributed by atoms with Gasteiger partial charge in [-0.15, -0.1) is 0 Å². The largest absolute Gasteiger partial charge is 0.462 e. The van der Waals surface area contributed by atoms with Gasteiger partial charge in [-0.3, -0.25) is 9.59 Å². The van der Waals surface area contributed by atoms with Crippen molar-refractivity contribution in [3.63, 3.8) is 0 Å². The fourth-order valence-electron chi connectivity index (χ4n) is 3.51. The number of thioether (sulfide) groups is 1. The number of esters is 1. The second-order valence-corrected chi connectivity index (χ2v) is 8.95. The van der Waals surface area contributed by atoms with E-state index >= 15 is 0 Å². The van der Waals surface area contributed by atoms with Crippen LogP contribution in [0.1, 0.15) is 35.1 Å². The highest BCUT2D eigenvalue weighted by Gasteiger charge is 2.41. The minimum Gasteiger partial charge on any atom is -0.462 e. The molecule has 1 aliphatic rings. The van der Waals surface area contributed by atoms with Gasteiger partial charge in [0, 0.05) is 17.1 Å². The molecule has 0 radical (unpaired) electrons. The van der Waals surface area contributed by atoms with E-state index in [4.69, 9.17) is 4.74 Å². The third-order valence-corrected chi connectivity index (χ3v) is 6.07. The molecule has 1 N–H and O–H groups in total. The number of halogens is 1. The molecule has 3 aromatic rings. The monoisotopic (exact) mass is 506 g/mol. The Labute approximate surface area is 211 Å². The molecule has 0 bridgehead atoms. The summed E-state index contributed by atoms with van der Waals surface area (Å²) in [5, 5.41) is 3.25. The van der Waals surface area contributed by atoms with Crippen LogP contribution < -0.4 is 10.2 Å². The SMILES string of the molecule is CCCOC(=O)c1ccc(NC2=C(Sc3nc(C)cc(C)n3)C(=O)N(c3ccccc3F)C2=O)cc1. The predicted octanol–water partition coefficient (Wildman–Crippen LogP) is 4.79. The minimum absolute atomic E-state index is 0.0275. The zero-order valence-electron chi connectivity index (χ0n) is 19.9. The average Bonchev–Trinajstić information content (AvgIpc) is 3.06. The number of amides is 2. The first-order valence-electron chi connectivity index (χ1n) is 11.2. The average molecular weight is 507 g/mol. The van der Waals surface area contributed by atoms with E-state index in [0.717, 1.165) is 16.7 Å². The van der Waals surface area contributed by atoms with Crippen LogP contribution in [0.3, 0.4) is 0 Å². The number of ether oxygens (including phenoxy) is 1. The summed E-state index contributed by atoms with van der Waals surface area (Å²) in [5.74, 6) is -2.57. The van der Waals surface area contributed by atoms with Gasteiger partial charge in [-0.05, 0) is 74.5 Å². The second kappa shape index (κ2) is 10.7. The van der Waals surface area contributed by atoms with Crippen molar-refractivity contribution in [3.05, 3.63) is 88.0 Å². The summed E-state index contributed by atoms with van der Waals surface area (Å²) in [5.41, 5.74) is 2.01. The van der Waals surface area contributed by atoms with Crippen molar-refractivity contribution in [2.24, 2.45) is 0 Å². The molecule has 1 aliphatic heterocycles. The number of imide groups is 1. The number of anilines is 2. The molecule has 0 atom stereocenters. The predicted molar refractivity (Wildman–Crippen MR) is 134 cm³/mol. The standard InChI is InChI=1S/C26H23FN4O4S/c1-4-13-35-25(34)17-9-11-18(12-10-17)30-21-22(36-26-28-15(2)14-16(3)29-26)24(33)31(23(21)32)20-8-6-5-7-19(20)27/h5-12,14,30H,4,13H2,1-3H3. The van der Waals surface area contributed by atoms with Crippen molar-refractivity contribution in [1.82, 2.24) is 9.97 Å². The number of benzene rings is 2. The number of nitrogens with one attached hydrogen (secondary N) is 1. The Hall–Kier alpha value is -4.05. The summed E-state index contributed by atoms with van der Waals surface area (Å²) in [6.07, 6.45) is 0.707. The molecular formula is C26H23FN4O4S. The van der Waals surface area contributed by atoms with Gasteiger partial charge in [0.2, 0.25) is 0 Å². The van der Waals surface area contributed by atoms with Crippen molar-refractivity contribution in [2.45, 2.75) is 32.3 Å². The Morgan fingerprint density at radius 1 is 1.03 bits per heavy atom. The maximum Gasteiger partial charge on any atom is 0.338 e. The Balaban J connectivity index is 1.69. The van der Waals surface area contributed by atoms with E-state index in [-0.39, 0.29) is 21.4 Å². The fourth-order valence-corrected chi connectivity index (χ4v) is 4.49. The smallest absolute Gasteiger partial charge is 0.338 e. The van der Waals surface area contributed by atoms with Gasteiger partial charge in [-0.2, -0.15) is 0 Å². The lowest BCUT2D eigenvalue weighted by molar-refractivity contribution is -0.120. The quantitative estimate of drug-likeness (QED) is 0.264. The molecule has 0 fully saturated rings. The third-order valence-electron chi connectivity index (χ3n) is 5.12. The van der Waals surface area contributed by atoms with Crippen molar-refractivity contribution < 1.29 is 23.5 Å². The lowest BCUT2D eigenvalue weighted by Crippen LogP contribution is -2.33. The van der Waals surface area contributed by atoms with Gasteiger partial charge in [-0.25, -0.2) is 24.1 Å². The Morgan fingerprint density at radius 2 is 1.69 bits per heavy atom. The molecule has 10 heteroatoms. The van der Waals surface area contributed by atoms with E-state index in [1.54, 1.807) is 50.2 Å². The molecule has 36 heavy (non-hydrogen) atoms. The van der Waals surface area contributed by atoms with Crippen LogP contribution in [-0.2, 0) is 14.3 Å². The van der Waals surface area contributed by atoms with Crippen LogP contribution in [0.2, 0.25) is 0 Å². The number of hydrogen-bond donors (Lipinski definition) is 1. The van der Waals surface area contributed by atoms with Crippen LogP contribution in [0.5, 0.6) is 0 Å². The lowest BCUT2D eigenvalue weighted by atomic mass is 10.2. The molecule has 0 unspecified atom stereocenters. The number of aromatic nitrogens is 2. The number of aryl methyl sites for hydroxylation is 2. The van der Waals surface area contributed by atoms with Crippen molar-refractivity contribution >= 4 is 40.9 Å². The highest BCUT2D eigenvalue weighted by molar-refractivity contribution is 8.04. The van der Waals surface area contributed by atoms with Gasteiger partial charge in [-0.1, -0.05) is 19.1 Å². The number of nitrogens with zero attached hydrogens (tertiary/aromatic N) is 3. The molecule has 0 saturated heterocycles. The summed E-state index contributed by atoms with van der Waals surface area (Å²) in [4.78, 5) is 48.4. The summed E-state index contributed by atoms with van der Waals surface area (Å²) in [7, 11) is 0. The molecule has 4 rings (SSSR count). The Bertz CT molecular complexity index is 1350. The Morgan fingerprint density at radius 3 is 2.33 bits per heavy atom. The van der Waals surface area contributed by atoms with Crippen LogP contribution in [0.25, 0.3) is 0 Å². The van der Waals surface area contributed by atoms with Crippen molar-refractivity contribution in [3.8, 4) is 0 Å². The molecule has 2 aromatic carbocycles. The lowest BCUT2D eigenvalue weighted by Gasteiger charge is -2.16. The van der Waals surface area contributed by atoms with Crippen LogP contribution >= 0.6 is 11.8 Å². The minimum atomic E-state index is -0.719. The second-order valence-electron chi connectivity index (χ2n) is 7.97. The van der Waals surface area contributed by atoms with Gasteiger partial charge in [0.25, 0.3) is 11.8 Å². The number of carbonyl (C=O) groups is 3. The third kappa shape index (κ3) is 5.28. The molecule has 184 valence electrons. The van der Waals surface area contributed by atoms with Crippen LogP contribution in [0.15, 0.2) is 70.4 Å². The first-order chi connectivity index (χ1) is 17.3. The number of para-hydroxylation sites is 1. The zero-order valence-corrected chi connectivity index (χ0v) is 20.7. The molecular weight excluding hydrogens is 483 g/mol. The summed E-state index contributed by atoms with van der Waals surface area (Å²) >= 11 is 0.926. The molecule has 0 spiro atoms. The fraction of sp³-hybridized carbons (Fsp3) is 0.192. The summed E-state index contributed by atoms with van der Waals surface area (Å²) < 4.78 is 19.7. The van der Waals surface area contributed by atoms with Crippen molar-refractivity contribution in [2.75, 3.05) is 16.8 Å². The van der Waals surface area contributed by atoms with E-state index < -0.39 is 23.6 Å².